The van der Waals surface area contributed by atoms with Gasteiger partial charge in [-0.15, -0.1) is 11.3 Å². The van der Waals surface area contributed by atoms with Gasteiger partial charge < -0.3 is 15.4 Å². The number of amides is 2. The molecule has 0 saturated heterocycles. The lowest BCUT2D eigenvalue weighted by molar-refractivity contribution is 0.0495. The Hall–Kier alpha value is -1.27. The first kappa shape index (κ1) is 17.1. The van der Waals surface area contributed by atoms with Crippen LogP contribution in [0.25, 0.3) is 0 Å². The molecule has 2 amide bonds. The van der Waals surface area contributed by atoms with E-state index in [1.165, 1.54) is 11.3 Å². The normalized spacial score (nSPS) is 21.5. The van der Waals surface area contributed by atoms with E-state index >= 15 is 0 Å². The molecule has 7 heteroatoms. The summed E-state index contributed by atoms with van der Waals surface area (Å²) in [5.41, 5.74) is -0.533. The minimum Gasteiger partial charge on any atom is -0.444 e. The second-order valence-electron chi connectivity index (χ2n) is 6.37. The summed E-state index contributed by atoms with van der Waals surface area (Å²) >= 11 is 7.09. The first-order chi connectivity index (χ1) is 10.2. The number of halogens is 1. The summed E-state index contributed by atoms with van der Waals surface area (Å²) in [4.78, 5) is 24.6. The standard InChI is InChI=1S/C15H21ClN2O3S/c1-15(2,3)21-14(20)18-10-6-4-5-9(10)17-13(19)11-7-8-12(16)22-11/h7-10H,4-6H2,1-3H3,(H,17,19)(H,18,20)/t9?,10-/m0/s1. The molecule has 2 atom stereocenters. The Labute approximate surface area is 139 Å². The zero-order valence-electron chi connectivity index (χ0n) is 12.9. The molecule has 0 radical (unpaired) electrons. The summed E-state index contributed by atoms with van der Waals surface area (Å²) in [5.74, 6) is -0.153. The summed E-state index contributed by atoms with van der Waals surface area (Å²) in [6, 6.07) is 3.22. The Morgan fingerprint density at radius 3 is 2.41 bits per heavy atom. The SMILES string of the molecule is CC(C)(C)OC(=O)N[C@H]1CCCC1NC(=O)c1ccc(Cl)s1. The highest BCUT2D eigenvalue weighted by molar-refractivity contribution is 7.17. The predicted molar refractivity (Wildman–Crippen MR) is 87.6 cm³/mol. The smallest absolute Gasteiger partial charge is 0.407 e. The van der Waals surface area contributed by atoms with Crippen LogP contribution in [0.3, 0.4) is 0 Å². The van der Waals surface area contributed by atoms with Crippen LogP contribution >= 0.6 is 22.9 Å². The molecule has 1 saturated carbocycles. The molecular weight excluding hydrogens is 324 g/mol. The molecule has 1 aromatic heterocycles. The molecule has 1 fully saturated rings. The van der Waals surface area contributed by atoms with Crippen LogP contribution in [0.5, 0.6) is 0 Å². The molecule has 2 N–H and O–H groups in total. The van der Waals surface area contributed by atoms with Gasteiger partial charge in [-0.2, -0.15) is 0 Å². The van der Waals surface area contributed by atoms with Gasteiger partial charge >= 0.3 is 6.09 Å². The second kappa shape index (κ2) is 6.87. The van der Waals surface area contributed by atoms with E-state index in [0.29, 0.717) is 9.21 Å². The van der Waals surface area contributed by atoms with E-state index < -0.39 is 11.7 Å². The molecule has 22 heavy (non-hydrogen) atoms. The van der Waals surface area contributed by atoms with Gasteiger partial charge in [-0.25, -0.2) is 4.79 Å². The molecule has 0 aliphatic heterocycles. The Morgan fingerprint density at radius 2 is 1.86 bits per heavy atom. The highest BCUT2D eigenvalue weighted by Crippen LogP contribution is 2.24. The average molecular weight is 345 g/mol. The van der Waals surface area contributed by atoms with E-state index in [-0.39, 0.29) is 18.0 Å². The number of nitrogens with one attached hydrogen (secondary N) is 2. The Balaban J connectivity index is 1.90. The van der Waals surface area contributed by atoms with Crippen molar-refractivity contribution >= 4 is 34.9 Å². The van der Waals surface area contributed by atoms with E-state index in [2.05, 4.69) is 10.6 Å². The van der Waals surface area contributed by atoms with E-state index in [9.17, 15) is 9.59 Å². The number of hydrogen-bond acceptors (Lipinski definition) is 4. The molecule has 122 valence electrons. The molecule has 1 aliphatic rings. The molecular formula is C15H21ClN2O3S. The van der Waals surface area contributed by atoms with E-state index in [0.717, 1.165) is 19.3 Å². The van der Waals surface area contributed by atoms with Gasteiger partial charge in [-0.3, -0.25) is 4.79 Å². The van der Waals surface area contributed by atoms with Crippen LogP contribution in [0.2, 0.25) is 4.34 Å². The number of ether oxygens (including phenoxy) is 1. The molecule has 0 spiro atoms. The third-order valence-electron chi connectivity index (χ3n) is 3.33. The van der Waals surface area contributed by atoms with Crippen LogP contribution in [0, 0.1) is 0 Å². The lowest BCUT2D eigenvalue weighted by atomic mass is 10.1. The van der Waals surface area contributed by atoms with Crippen LogP contribution < -0.4 is 10.6 Å². The van der Waals surface area contributed by atoms with Crippen LogP contribution in [0.4, 0.5) is 4.79 Å². The fourth-order valence-electron chi connectivity index (χ4n) is 2.44. The Morgan fingerprint density at radius 1 is 1.23 bits per heavy atom. The summed E-state index contributed by atoms with van der Waals surface area (Å²) in [7, 11) is 0. The predicted octanol–water partition coefficient (Wildman–Crippen LogP) is 3.58. The average Bonchev–Trinajstić information content (AvgIpc) is 2.97. The van der Waals surface area contributed by atoms with Crippen molar-refractivity contribution < 1.29 is 14.3 Å². The maximum Gasteiger partial charge on any atom is 0.407 e. The molecule has 1 heterocycles. The van der Waals surface area contributed by atoms with Crippen molar-refractivity contribution in [2.45, 2.75) is 57.7 Å². The molecule has 1 aliphatic carbocycles. The fraction of sp³-hybridized carbons (Fsp3) is 0.600. The molecule has 0 bridgehead atoms. The van der Waals surface area contributed by atoms with Crippen LogP contribution in [0.15, 0.2) is 12.1 Å². The van der Waals surface area contributed by atoms with Gasteiger partial charge in [0.1, 0.15) is 5.60 Å². The third kappa shape index (κ3) is 4.88. The van der Waals surface area contributed by atoms with Crippen LogP contribution in [-0.2, 0) is 4.74 Å². The summed E-state index contributed by atoms with van der Waals surface area (Å²) in [6.07, 6.45) is 2.18. The minimum atomic E-state index is -0.533. The van der Waals surface area contributed by atoms with Crippen molar-refractivity contribution in [2.75, 3.05) is 0 Å². The molecule has 2 rings (SSSR count). The molecule has 1 aromatic rings. The van der Waals surface area contributed by atoms with Gasteiger partial charge in [0.15, 0.2) is 0 Å². The highest BCUT2D eigenvalue weighted by atomic mass is 35.5. The quantitative estimate of drug-likeness (QED) is 0.880. The van der Waals surface area contributed by atoms with Crippen LogP contribution in [-0.4, -0.2) is 29.7 Å². The van der Waals surface area contributed by atoms with Gasteiger partial charge in [0, 0.05) is 6.04 Å². The second-order valence-corrected chi connectivity index (χ2v) is 8.08. The van der Waals surface area contributed by atoms with E-state index in [4.69, 9.17) is 16.3 Å². The highest BCUT2D eigenvalue weighted by Gasteiger charge is 2.31. The molecule has 5 nitrogen and oxygen atoms in total. The molecule has 1 unspecified atom stereocenters. The number of carbonyl (C=O) groups is 2. The van der Waals surface area contributed by atoms with Gasteiger partial charge in [0.25, 0.3) is 5.91 Å². The summed E-state index contributed by atoms with van der Waals surface area (Å²) in [6.45, 7) is 5.46. The van der Waals surface area contributed by atoms with Crippen molar-refractivity contribution in [1.29, 1.82) is 0 Å². The Bertz CT molecular complexity index is 553. The van der Waals surface area contributed by atoms with Gasteiger partial charge in [-0.1, -0.05) is 11.6 Å². The van der Waals surface area contributed by atoms with Crippen molar-refractivity contribution in [3.8, 4) is 0 Å². The van der Waals surface area contributed by atoms with Crippen molar-refractivity contribution in [1.82, 2.24) is 10.6 Å². The summed E-state index contributed by atoms with van der Waals surface area (Å²) in [5, 5.41) is 5.82. The minimum absolute atomic E-state index is 0.0825. The van der Waals surface area contributed by atoms with E-state index in [1.54, 1.807) is 12.1 Å². The lowest BCUT2D eigenvalue weighted by Gasteiger charge is -2.25. The summed E-state index contributed by atoms with van der Waals surface area (Å²) < 4.78 is 5.85. The Kier molecular flexibility index (Phi) is 5.34. The topological polar surface area (TPSA) is 67.4 Å². The van der Waals surface area contributed by atoms with Crippen molar-refractivity contribution in [2.24, 2.45) is 0 Å². The number of alkyl carbamates (subject to hydrolysis) is 1. The first-order valence-corrected chi connectivity index (χ1v) is 8.50. The fourth-order valence-corrected chi connectivity index (χ4v) is 3.39. The lowest BCUT2D eigenvalue weighted by Crippen LogP contribution is -2.49. The van der Waals surface area contributed by atoms with Gasteiger partial charge in [0.05, 0.1) is 15.3 Å². The number of rotatable bonds is 3. The van der Waals surface area contributed by atoms with Crippen molar-refractivity contribution in [3.63, 3.8) is 0 Å². The third-order valence-corrected chi connectivity index (χ3v) is 4.56. The number of thiophene rings is 1. The number of hydrogen-bond donors (Lipinski definition) is 2. The zero-order chi connectivity index (χ0) is 16.3. The molecule has 0 aromatic carbocycles. The largest absolute Gasteiger partial charge is 0.444 e. The zero-order valence-corrected chi connectivity index (χ0v) is 14.5. The monoisotopic (exact) mass is 344 g/mol. The van der Waals surface area contributed by atoms with E-state index in [1.807, 2.05) is 20.8 Å². The van der Waals surface area contributed by atoms with Gasteiger partial charge in [-0.05, 0) is 52.2 Å². The first-order valence-electron chi connectivity index (χ1n) is 7.30. The maximum atomic E-state index is 12.2. The van der Waals surface area contributed by atoms with Crippen molar-refractivity contribution in [3.05, 3.63) is 21.3 Å². The van der Waals surface area contributed by atoms with Crippen LogP contribution in [0.1, 0.15) is 49.7 Å². The van der Waals surface area contributed by atoms with Gasteiger partial charge in [0.2, 0.25) is 0 Å². The number of carbonyl (C=O) groups excluding carboxylic acids is 2. The maximum absolute atomic E-state index is 12.2.